The molecule has 0 bridgehead atoms. The average molecular weight is 185 g/mol. The van der Waals surface area contributed by atoms with E-state index in [1.807, 2.05) is 0 Å². The monoisotopic (exact) mass is 185 g/mol. The van der Waals surface area contributed by atoms with Gasteiger partial charge in [-0.15, -0.1) is 0 Å². The molecule has 12 heavy (non-hydrogen) atoms. The van der Waals surface area contributed by atoms with E-state index >= 15 is 0 Å². The highest BCUT2D eigenvalue weighted by Crippen LogP contribution is 2.17. The van der Waals surface area contributed by atoms with Gasteiger partial charge < -0.3 is 4.74 Å². The molecule has 0 saturated carbocycles. The lowest BCUT2D eigenvalue weighted by Crippen LogP contribution is -2.35. The number of esters is 1. The highest BCUT2D eigenvalue weighted by molar-refractivity contribution is 5.75. The molecule has 0 saturated heterocycles. The summed E-state index contributed by atoms with van der Waals surface area (Å²) in [6, 6.07) is 0. The zero-order valence-corrected chi connectivity index (χ0v) is 6.97. The quantitative estimate of drug-likeness (QED) is 0.474. The van der Waals surface area contributed by atoms with Crippen LogP contribution in [0.2, 0.25) is 0 Å². The number of ether oxygens (including phenoxy) is 1. The van der Waals surface area contributed by atoms with Crippen molar-refractivity contribution < 1.29 is 22.7 Å². The van der Waals surface area contributed by atoms with Crippen LogP contribution in [0.3, 0.4) is 0 Å². The predicted molar refractivity (Wildman–Crippen MR) is 35.3 cm³/mol. The summed E-state index contributed by atoms with van der Waals surface area (Å²) < 4.78 is 38.8. The standard InChI is InChI=1S/C6H10F3NO2/c1-4(10(2)3)12-5(11)6(7,8)9/h4H,1-3H3. The van der Waals surface area contributed by atoms with Crippen molar-refractivity contribution in [3.05, 3.63) is 0 Å². The van der Waals surface area contributed by atoms with Crippen LogP contribution in [-0.2, 0) is 9.53 Å². The molecule has 0 aromatic heterocycles. The molecule has 0 spiro atoms. The molecule has 3 nitrogen and oxygen atoms in total. The largest absolute Gasteiger partial charge is 0.490 e. The summed E-state index contributed by atoms with van der Waals surface area (Å²) in [6.45, 7) is 1.35. The van der Waals surface area contributed by atoms with Gasteiger partial charge >= 0.3 is 12.1 Å². The van der Waals surface area contributed by atoms with Crippen molar-refractivity contribution >= 4 is 5.97 Å². The van der Waals surface area contributed by atoms with E-state index in [2.05, 4.69) is 4.74 Å². The third-order valence-corrected chi connectivity index (χ3v) is 1.24. The van der Waals surface area contributed by atoms with Crippen LogP contribution in [0.5, 0.6) is 0 Å². The van der Waals surface area contributed by atoms with Gasteiger partial charge in [-0.2, -0.15) is 13.2 Å². The highest BCUT2D eigenvalue weighted by Gasteiger charge is 2.41. The van der Waals surface area contributed by atoms with Crippen LogP contribution >= 0.6 is 0 Å². The minimum absolute atomic E-state index is 0.876. The van der Waals surface area contributed by atoms with E-state index in [1.54, 1.807) is 0 Å². The SMILES string of the molecule is CC(OC(=O)C(F)(F)F)N(C)C. The van der Waals surface area contributed by atoms with Gasteiger partial charge in [0.05, 0.1) is 0 Å². The summed E-state index contributed by atoms with van der Waals surface area (Å²) in [5, 5.41) is 0. The summed E-state index contributed by atoms with van der Waals surface area (Å²) in [4.78, 5) is 11.6. The van der Waals surface area contributed by atoms with E-state index in [0.717, 1.165) is 0 Å². The molecule has 0 heterocycles. The first kappa shape index (κ1) is 11.2. The van der Waals surface area contributed by atoms with E-state index < -0.39 is 18.4 Å². The summed E-state index contributed by atoms with van der Waals surface area (Å²) in [5.74, 6) is -2.16. The Morgan fingerprint density at radius 3 is 2.08 bits per heavy atom. The molecule has 0 amide bonds. The second-order valence-electron chi connectivity index (χ2n) is 2.47. The number of hydrogen-bond donors (Lipinski definition) is 0. The number of rotatable bonds is 2. The van der Waals surface area contributed by atoms with Crippen LogP contribution in [0.1, 0.15) is 6.92 Å². The predicted octanol–water partition coefficient (Wildman–Crippen LogP) is 1.000. The molecular formula is C6H10F3NO2. The smallest absolute Gasteiger partial charge is 0.440 e. The van der Waals surface area contributed by atoms with Crippen LogP contribution in [0.25, 0.3) is 0 Å². The van der Waals surface area contributed by atoms with E-state index in [0.29, 0.717) is 0 Å². The van der Waals surface area contributed by atoms with Gasteiger partial charge in [0.25, 0.3) is 0 Å². The Bertz CT molecular complexity index is 167. The van der Waals surface area contributed by atoms with Gasteiger partial charge in [0.15, 0.2) is 6.23 Å². The molecule has 6 heteroatoms. The van der Waals surface area contributed by atoms with Crippen LogP contribution in [-0.4, -0.2) is 37.4 Å². The Kier molecular flexibility index (Phi) is 3.51. The molecule has 1 atom stereocenters. The van der Waals surface area contributed by atoms with Crippen molar-refractivity contribution in [3.63, 3.8) is 0 Å². The maximum Gasteiger partial charge on any atom is 0.490 e. The van der Waals surface area contributed by atoms with Gasteiger partial charge in [-0.05, 0) is 21.0 Å². The van der Waals surface area contributed by atoms with Gasteiger partial charge in [-0.3, -0.25) is 4.90 Å². The Hall–Kier alpha value is -0.780. The number of halogens is 3. The maximum absolute atomic E-state index is 11.6. The molecule has 0 aliphatic rings. The first-order valence-electron chi connectivity index (χ1n) is 3.19. The molecule has 0 aliphatic heterocycles. The van der Waals surface area contributed by atoms with E-state index in [4.69, 9.17) is 0 Å². The van der Waals surface area contributed by atoms with Gasteiger partial charge in [0, 0.05) is 0 Å². The Balaban J connectivity index is 4.02. The number of alkyl halides is 3. The summed E-state index contributed by atoms with van der Waals surface area (Å²) in [6.07, 6.45) is -5.79. The first-order valence-corrected chi connectivity index (χ1v) is 3.19. The fraction of sp³-hybridized carbons (Fsp3) is 0.833. The van der Waals surface area contributed by atoms with E-state index in [-0.39, 0.29) is 0 Å². The summed E-state index contributed by atoms with van der Waals surface area (Å²) >= 11 is 0. The number of hydrogen-bond acceptors (Lipinski definition) is 3. The molecule has 0 aliphatic carbocycles. The highest BCUT2D eigenvalue weighted by atomic mass is 19.4. The molecule has 0 fully saturated rings. The zero-order valence-electron chi connectivity index (χ0n) is 6.97. The molecule has 0 aromatic rings. The Morgan fingerprint density at radius 1 is 1.42 bits per heavy atom. The fourth-order valence-electron chi connectivity index (χ4n) is 0.327. The maximum atomic E-state index is 11.6. The third-order valence-electron chi connectivity index (χ3n) is 1.24. The number of carbonyl (C=O) groups is 1. The molecular weight excluding hydrogens is 175 g/mol. The summed E-state index contributed by atoms with van der Waals surface area (Å²) in [5.41, 5.74) is 0. The minimum Gasteiger partial charge on any atom is -0.440 e. The lowest BCUT2D eigenvalue weighted by molar-refractivity contribution is -0.209. The zero-order chi connectivity index (χ0) is 9.94. The van der Waals surface area contributed by atoms with Crippen molar-refractivity contribution in [2.45, 2.75) is 19.3 Å². The molecule has 0 aromatic carbocycles. The van der Waals surface area contributed by atoms with Gasteiger partial charge in [-0.1, -0.05) is 0 Å². The second-order valence-corrected chi connectivity index (χ2v) is 2.47. The molecule has 0 N–H and O–H groups in total. The van der Waals surface area contributed by atoms with Crippen LogP contribution < -0.4 is 0 Å². The van der Waals surface area contributed by atoms with Gasteiger partial charge in [-0.25, -0.2) is 4.79 Å². The molecule has 72 valence electrons. The van der Waals surface area contributed by atoms with E-state index in [1.165, 1.54) is 25.9 Å². The third kappa shape index (κ3) is 3.56. The van der Waals surface area contributed by atoms with Crippen molar-refractivity contribution in [3.8, 4) is 0 Å². The van der Waals surface area contributed by atoms with Crippen molar-refractivity contribution in [1.82, 2.24) is 4.90 Å². The Labute approximate surface area is 68.1 Å². The van der Waals surface area contributed by atoms with Crippen LogP contribution in [0.15, 0.2) is 0 Å². The molecule has 0 rings (SSSR count). The van der Waals surface area contributed by atoms with Crippen LogP contribution in [0, 0.1) is 0 Å². The minimum atomic E-state index is -4.91. The lowest BCUT2D eigenvalue weighted by Gasteiger charge is -2.20. The molecule has 1 unspecified atom stereocenters. The van der Waals surface area contributed by atoms with Gasteiger partial charge in [0.1, 0.15) is 0 Å². The second kappa shape index (κ2) is 3.75. The first-order chi connectivity index (χ1) is 5.25. The van der Waals surface area contributed by atoms with Crippen LogP contribution in [0.4, 0.5) is 13.2 Å². The van der Waals surface area contributed by atoms with Crippen molar-refractivity contribution in [1.29, 1.82) is 0 Å². The average Bonchev–Trinajstić information content (AvgIpc) is 1.85. The fourth-order valence-corrected chi connectivity index (χ4v) is 0.327. The molecule has 0 radical (unpaired) electrons. The number of carbonyl (C=O) groups excluding carboxylic acids is 1. The number of nitrogens with zero attached hydrogens (tertiary/aromatic N) is 1. The normalized spacial score (nSPS) is 14.6. The van der Waals surface area contributed by atoms with Gasteiger partial charge in [0.2, 0.25) is 0 Å². The summed E-state index contributed by atoms with van der Waals surface area (Å²) in [7, 11) is 3.02. The van der Waals surface area contributed by atoms with E-state index in [9.17, 15) is 18.0 Å². The Morgan fingerprint density at radius 2 is 1.83 bits per heavy atom. The van der Waals surface area contributed by atoms with Crippen molar-refractivity contribution in [2.24, 2.45) is 0 Å². The topological polar surface area (TPSA) is 29.5 Å². The lowest BCUT2D eigenvalue weighted by atomic mass is 10.5. The van der Waals surface area contributed by atoms with Crippen molar-refractivity contribution in [2.75, 3.05) is 14.1 Å².